The molecule has 0 rings (SSSR count). The number of carbonyl (C=O) groups excluding carboxylic acids is 1. The molecule has 80 valence electrons. The SMILES string of the molecule is CCN(CC(C)C#N)C(C)C(=O)NC. The van der Waals surface area contributed by atoms with Crippen LogP contribution in [-0.2, 0) is 4.79 Å². The van der Waals surface area contributed by atoms with Crippen LogP contribution in [0, 0.1) is 17.2 Å². The minimum atomic E-state index is -0.166. The lowest BCUT2D eigenvalue weighted by Gasteiger charge is -2.27. The molecule has 0 heterocycles. The normalized spacial score (nSPS) is 14.6. The van der Waals surface area contributed by atoms with E-state index in [0.717, 1.165) is 6.54 Å². The largest absolute Gasteiger partial charge is 0.358 e. The molecule has 0 saturated carbocycles. The first-order chi connectivity index (χ1) is 6.56. The molecule has 0 aliphatic carbocycles. The highest BCUT2D eigenvalue weighted by atomic mass is 16.2. The fourth-order valence-electron chi connectivity index (χ4n) is 1.33. The van der Waals surface area contributed by atoms with Crippen molar-refractivity contribution in [1.82, 2.24) is 10.2 Å². The number of rotatable bonds is 5. The lowest BCUT2D eigenvalue weighted by atomic mass is 10.1. The Hall–Kier alpha value is -1.08. The highest BCUT2D eigenvalue weighted by Crippen LogP contribution is 2.03. The van der Waals surface area contributed by atoms with Gasteiger partial charge in [-0.25, -0.2) is 0 Å². The maximum atomic E-state index is 11.3. The van der Waals surface area contributed by atoms with Crippen molar-refractivity contribution in [3.05, 3.63) is 0 Å². The first-order valence-electron chi connectivity index (χ1n) is 4.92. The molecule has 0 saturated heterocycles. The highest BCUT2D eigenvalue weighted by Gasteiger charge is 2.20. The maximum Gasteiger partial charge on any atom is 0.236 e. The van der Waals surface area contributed by atoms with Crippen LogP contribution >= 0.6 is 0 Å². The molecule has 1 amide bonds. The van der Waals surface area contributed by atoms with E-state index in [-0.39, 0.29) is 17.9 Å². The summed E-state index contributed by atoms with van der Waals surface area (Å²) < 4.78 is 0. The molecule has 4 heteroatoms. The van der Waals surface area contributed by atoms with Crippen LogP contribution in [0.3, 0.4) is 0 Å². The lowest BCUT2D eigenvalue weighted by molar-refractivity contribution is -0.125. The summed E-state index contributed by atoms with van der Waals surface area (Å²) in [6.45, 7) is 7.12. The number of carbonyl (C=O) groups is 1. The van der Waals surface area contributed by atoms with Crippen LogP contribution in [0.4, 0.5) is 0 Å². The second-order valence-corrected chi connectivity index (χ2v) is 3.41. The summed E-state index contributed by atoms with van der Waals surface area (Å²) >= 11 is 0. The monoisotopic (exact) mass is 197 g/mol. The van der Waals surface area contributed by atoms with E-state index in [9.17, 15) is 4.79 Å². The molecule has 0 spiro atoms. The fourth-order valence-corrected chi connectivity index (χ4v) is 1.33. The molecule has 2 unspecified atom stereocenters. The van der Waals surface area contributed by atoms with E-state index in [1.807, 2.05) is 25.7 Å². The van der Waals surface area contributed by atoms with E-state index in [1.54, 1.807) is 7.05 Å². The molecule has 4 nitrogen and oxygen atoms in total. The summed E-state index contributed by atoms with van der Waals surface area (Å²) in [5.74, 6) is -0.0426. The second-order valence-electron chi connectivity index (χ2n) is 3.41. The Morgan fingerprint density at radius 2 is 2.14 bits per heavy atom. The van der Waals surface area contributed by atoms with Crippen molar-refractivity contribution in [2.24, 2.45) is 5.92 Å². The molecule has 0 aromatic carbocycles. The van der Waals surface area contributed by atoms with Crippen LogP contribution in [0.25, 0.3) is 0 Å². The van der Waals surface area contributed by atoms with Gasteiger partial charge >= 0.3 is 0 Å². The quantitative estimate of drug-likeness (QED) is 0.702. The van der Waals surface area contributed by atoms with E-state index in [4.69, 9.17) is 5.26 Å². The molecular formula is C10H19N3O. The molecule has 1 N–H and O–H groups in total. The topological polar surface area (TPSA) is 56.1 Å². The zero-order valence-electron chi connectivity index (χ0n) is 9.37. The number of likely N-dealkylation sites (N-methyl/N-ethyl adjacent to an activating group) is 2. The van der Waals surface area contributed by atoms with Crippen molar-refractivity contribution in [3.8, 4) is 6.07 Å². The summed E-state index contributed by atoms with van der Waals surface area (Å²) in [6, 6.07) is 2.00. The predicted octanol–water partition coefficient (Wildman–Crippen LogP) is 0.602. The van der Waals surface area contributed by atoms with Gasteiger partial charge in [-0.1, -0.05) is 6.92 Å². The summed E-state index contributed by atoms with van der Waals surface area (Å²) in [6.07, 6.45) is 0. The molecule has 2 atom stereocenters. The molecule has 0 aromatic rings. The fraction of sp³-hybridized carbons (Fsp3) is 0.800. The number of nitriles is 1. The number of nitrogens with zero attached hydrogens (tertiary/aromatic N) is 2. The van der Waals surface area contributed by atoms with Crippen LogP contribution < -0.4 is 5.32 Å². The Morgan fingerprint density at radius 3 is 2.50 bits per heavy atom. The molecular weight excluding hydrogens is 178 g/mol. The molecule has 0 radical (unpaired) electrons. The number of nitrogens with one attached hydrogen (secondary N) is 1. The Bertz CT molecular complexity index is 222. The van der Waals surface area contributed by atoms with Gasteiger partial charge in [-0.3, -0.25) is 9.69 Å². The molecule has 0 bridgehead atoms. The lowest BCUT2D eigenvalue weighted by Crippen LogP contribution is -2.45. The van der Waals surface area contributed by atoms with Crippen LogP contribution in [0.5, 0.6) is 0 Å². The van der Waals surface area contributed by atoms with Crippen LogP contribution in [-0.4, -0.2) is 37.0 Å². The standard InChI is InChI=1S/C10H19N3O/c1-5-13(7-8(2)6-11)9(3)10(14)12-4/h8-9H,5,7H2,1-4H3,(H,12,14). The van der Waals surface area contributed by atoms with Crippen LogP contribution in [0.2, 0.25) is 0 Å². The van der Waals surface area contributed by atoms with Crippen molar-refractivity contribution in [1.29, 1.82) is 5.26 Å². The van der Waals surface area contributed by atoms with Crippen LogP contribution in [0.1, 0.15) is 20.8 Å². The van der Waals surface area contributed by atoms with Gasteiger partial charge in [0.15, 0.2) is 0 Å². The van der Waals surface area contributed by atoms with E-state index < -0.39 is 0 Å². The number of hydrogen-bond acceptors (Lipinski definition) is 3. The van der Waals surface area contributed by atoms with Gasteiger partial charge in [0, 0.05) is 13.6 Å². The molecule has 0 aromatic heterocycles. The zero-order valence-corrected chi connectivity index (χ0v) is 9.37. The molecule has 14 heavy (non-hydrogen) atoms. The summed E-state index contributed by atoms with van der Waals surface area (Å²) in [5, 5.41) is 11.3. The van der Waals surface area contributed by atoms with E-state index in [1.165, 1.54) is 0 Å². The van der Waals surface area contributed by atoms with Crippen molar-refractivity contribution in [2.75, 3.05) is 20.1 Å². The first kappa shape index (κ1) is 12.9. The predicted molar refractivity (Wildman–Crippen MR) is 55.6 cm³/mol. The van der Waals surface area contributed by atoms with Gasteiger partial charge < -0.3 is 5.32 Å². The van der Waals surface area contributed by atoms with E-state index in [0.29, 0.717) is 6.54 Å². The van der Waals surface area contributed by atoms with Gasteiger partial charge in [0.1, 0.15) is 0 Å². The third-order valence-electron chi connectivity index (χ3n) is 2.31. The van der Waals surface area contributed by atoms with Crippen molar-refractivity contribution < 1.29 is 4.79 Å². The van der Waals surface area contributed by atoms with Gasteiger partial charge in [0.25, 0.3) is 0 Å². The number of amides is 1. The van der Waals surface area contributed by atoms with Crippen LogP contribution in [0.15, 0.2) is 0 Å². The van der Waals surface area contributed by atoms with Gasteiger partial charge in [-0.2, -0.15) is 5.26 Å². The van der Waals surface area contributed by atoms with Gasteiger partial charge in [-0.05, 0) is 20.4 Å². The van der Waals surface area contributed by atoms with Gasteiger partial charge in [-0.15, -0.1) is 0 Å². The maximum absolute atomic E-state index is 11.3. The van der Waals surface area contributed by atoms with E-state index >= 15 is 0 Å². The second kappa shape index (κ2) is 6.39. The summed E-state index contributed by atoms with van der Waals surface area (Å²) in [5.41, 5.74) is 0. The highest BCUT2D eigenvalue weighted by molar-refractivity contribution is 5.80. The van der Waals surface area contributed by atoms with Gasteiger partial charge in [0.2, 0.25) is 5.91 Å². The number of hydrogen-bond donors (Lipinski definition) is 1. The first-order valence-corrected chi connectivity index (χ1v) is 4.92. The average molecular weight is 197 g/mol. The smallest absolute Gasteiger partial charge is 0.236 e. The third-order valence-corrected chi connectivity index (χ3v) is 2.31. The van der Waals surface area contributed by atoms with Crippen molar-refractivity contribution >= 4 is 5.91 Å². The third kappa shape index (κ3) is 3.75. The zero-order chi connectivity index (χ0) is 11.1. The summed E-state index contributed by atoms with van der Waals surface area (Å²) in [4.78, 5) is 13.3. The summed E-state index contributed by atoms with van der Waals surface area (Å²) in [7, 11) is 1.63. The molecule has 0 aliphatic rings. The Labute approximate surface area is 85.9 Å². The van der Waals surface area contributed by atoms with Crippen molar-refractivity contribution in [2.45, 2.75) is 26.8 Å². The average Bonchev–Trinajstić information content (AvgIpc) is 2.23. The minimum absolute atomic E-state index is 0.00279. The molecule has 0 aliphatic heterocycles. The Kier molecular flexibility index (Phi) is 5.89. The Morgan fingerprint density at radius 1 is 1.57 bits per heavy atom. The Balaban J connectivity index is 4.27. The van der Waals surface area contributed by atoms with Crippen molar-refractivity contribution in [3.63, 3.8) is 0 Å². The van der Waals surface area contributed by atoms with Gasteiger partial charge in [0.05, 0.1) is 18.0 Å². The molecule has 0 fully saturated rings. The minimum Gasteiger partial charge on any atom is -0.358 e. The van der Waals surface area contributed by atoms with E-state index in [2.05, 4.69) is 11.4 Å².